The number of anilines is 2. The third-order valence-corrected chi connectivity index (χ3v) is 6.48. The zero-order valence-corrected chi connectivity index (χ0v) is 20.8. The van der Waals surface area contributed by atoms with Crippen molar-refractivity contribution >= 4 is 34.6 Å². The number of hydrogen-bond acceptors (Lipinski definition) is 5. The number of thiocarbonyl (C=S) groups is 1. The number of rotatable bonds is 7. The Morgan fingerprint density at radius 2 is 2.00 bits per heavy atom. The summed E-state index contributed by atoms with van der Waals surface area (Å²) in [5, 5.41) is 6.95. The fourth-order valence-corrected chi connectivity index (χ4v) is 4.82. The van der Waals surface area contributed by atoms with Crippen molar-refractivity contribution in [2.45, 2.75) is 25.4 Å². The molecule has 0 bridgehead atoms. The van der Waals surface area contributed by atoms with Gasteiger partial charge < -0.3 is 24.8 Å². The fraction of sp³-hybridized carbons (Fsp3) is 0.185. The number of nitrogens with one attached hydrogen (secondary N) is 2. The summed E-state index contributed by atoms with van der Waals surface area (Å²) < 4.78 is 7.74. The molecular weight excluding hydrogens is 472 g/mol. The second kappa shape index (κ2) is 10.2. The lowest BCUT2D eigenvalue weighted by atomic mass is 10.0. The summed E-state index contributed by atoms with van der Waals surface area (Å²) in [6, 6.07) is 19.2. The number of carbonyl (C=O) groups is 1. The zero-order valence-electron chi connectivity index (χ0n) is 20.0. The van der Waals surface area contributed by atoms with Gasteiger partial charge in [-0.3, -0.25) is 14.8 Å². The van der Waals surface area contributed by atoms with E-state index in [1.807, 2.05) is 73.9 Å². The van der Waals surface area contributed by atoms with E-state index in [1.165, 1.54) is 0 Å². The Morgan fingerprint density at radius 3 is 2.72 bits per heavy atom. The number of aromatic nitrogens is 3. The predicted octanol–water partition coefficient (Wildman–Crippen LogP) is 4.80. The van der Waals surface area contributed by atoms with Gasteiger partial charge in [-0.25, -0.2) is 0 Å². The van der Waals surface area contributed by atoms with Gasteiger partial charge >= 0.3 is 0 Å². The van der Waals surface area contributed by atoms with Crippen LogP contribution in [0.3, 0.4) is 0 Å². The number of carbonyl (C=O) groups excluding carboxylic acids is 1. The standard InChI is InChI=1S/C27H26N6O2S/c1-3-24(34)30-20-12-11-18(16-23(20)35-2)33-26(25(31-27(33)36)21-9-4-5-14-29-21)22-10-7-15-32(22)19-8-6-13-28-17-19/h4-17,25-26H,3H2,1-2H3,(H,30,34)(H,31,36)/t25-,26+/m0/s1. The molecule has 4 aromatic rings. The predicted molar refractivity (Wildman–Crippen MR) is 143 cm³/mol. The molecule has 1 aliphatic rings. The van der Waals surface area contributed by atoms with E-state index in [1.54, 1.807) is 19.5 Å². The van der Waals surface area contributed by atoms with Crippen LogP contribution in [0.5, 0.6) is 5.75 Å². The quantitative estimate of drug-likeness (QED) is 0.354. The highest BCUT2D eigenvalue weighted by molar-refractivity contribution is 7.80. The van der Waals surface area contributed by atoms with Gasteiger partial charge in [-0.15, -0.1) is 0 Å². The minimum Gasteiger partial charge on any atom is -0.494 e. The highest BCUT2D eigenvalue weighted by Gasteiger charge is 2.42. The maximum absolute atomic E-state index is 12.0. The molecule has 1 aromatic carbocycles. The topological polar surface area (TPSA) is 84.3 Å². The Hall–Kier alpha value is -4.24. The molecule has 1 amide bonds. The van der Waals surface area contributed by atoms with Gasteiger partial charge in [-0.2, -0.15) is 0 Å². The lowest BCUT2D eigenvalue weighted by molar-refractivity contribution is -0.115. The number of methoxy groups -OCH3 is 1. The van der Waals surface area contributed by atoms with Crippen LogP contribution >= 0.6 is 12.2 Å². The van der Waals surface area contributed by atoms with E-state index in [0.29, 0.717) is 23.0 Å². The molecule has 4 heterocycles. The Morgan fingerprint density at radius 1 is 1.11 bits per heavy atom. The molecule has 1 fully saturated rings. The average molecular weight is 499 g/mol. The van der Waals surface area contributed by atoms with Gasteiger partial charge in [-0.05, 0) is 60.7 Å². The van der Waals surface area contributed by atoms with Gasteiger partial charge in [0.15, 0.2) is 5.11 Å². The van der Waals surface area contributed by atoms with Gasteiger partial charge in [0.1, 0.15) is 11.8 Å². The second-order valence-electron chi connectivity index (χ2n) is 8.30. The third kappa shape index (κ3) is 4.40. The summed E-state index contributed by atoms with van der Waals surface area (Å²) in [6.07, 6.45) is 7.77. The summed E-state index contributed by atoms with van der Waals surface area (Å²) in [5.74, 6) is 0.474. The maximum Gasteiger partial charge on any atom is 0.224 e. The van der Waals surface area contributed by atoms with Gasteiger partial charge in [0, 0.05) is 42.5 Å². The van der Waals surface area contributed by atoms with E-state index in [9.17, 15) is 4.79 Å². The minimum atomic E-state index is -0.219. The minimum absolute atomic E-state index is 0.0817. The Kier molecular flexibility index (Phi) is 6.64. The molecule has 0 spiro atoms. The van der Waals surface area contributed by atoms with E-state index in [2.05, 4.69) is 36.1 Å². The smallest absolute Gasteiger partial charge is 0.224 e. The van der Waals surface area contributed by atoms with Gasteiger partial charge in [0.25, 0.3) is 0 Å². The number of benzene rings is 1. The molecule has 9 heteroatoms. The van der Waals surface area contributed by atoms with Gasteiger partial charge in [0.2, 0.25) is 5.91 Å². The maximum atomic E-state index is 12.0. The first-order valence-corrected chi connectivity index (χ1v) is 12.1. The number of hydrogen-bond donors (Lipinski definition) is 2. The van der Waals surface area contributed by atoms with Crippen molar-refractivity contribution in [2.75, 3.05) is 17.3 Å². The lowest BCUT2D eigenvalue weighted by Gasteiger charge is -2.29. The van der Waals surface area contributed by atoms with Crippen molar-refractivity contribution in [3.05, 3.63) is 96.8 Å². The molecule has 0 radical (unpaired) electrons. The SMILES string of the molecule is CCC(=O)Nc1ccc(N2C(=S)N[C@@H](c3ccccn3)[C@H]2c2cccn2-c2cccnc2)cc1OC. The van der Waals surface area contributed by atoms with E-state index in [-0.39, 0.29) is 18.0 Å². The lowest BCUT2D eigenvalue weighted by Crippen LogP contribution is -2.30. The van der Waals surface area contributed by atoms with Crippen LogP contribution in [0.15, 0.2) is 85.5 Å². The molecule has 0 saturated carbocycles. The number of amides is 1. The molecule has 5 rings (SSSR count). The van der Waals surface area contributed by atoms with Crippen molar-refractivity contribution < 1.29 is 9.53 Å². The van der Waals surface area contributed by atoms with Crippen LogP contribution < -0.4 is 20.3 Å². The normalized spacial score (nSPS) is 17.1. The monoisotopic (exact) mass is 498 g/mol. The summed E-state index contributed by atoms with van der Waals surface area (Å²) >= 11 is 5.87. The highest BCUT2D eigenvalue weighted by atomic mass is 32.1. The van der Waals surface area contributed by atoms with Crippen molar-refractivity contribution in [2.24, 2.45) is 0 Å². The van der Waals surface area contributed by atoms with E-state index in [0.717, 1.165) is 22.8 Å². The fourth-order valence-electron chi connectivity index (χ4n) is 4.47. The van der Waals surface area contributed by atoms with E-state index < -0.39 is 0 Å². The number of nitrogens with zero attached hydrogens (tertiary/aromatic N) is 4. The van der Waals surface area contributed by atoms with Gasteiger partial charge in [0.05, 0.1) is 36.4 Å². The van der Waals surface area contributed by atoms with Crippen LogP contribution in [-0.2, 0) is 4.79 Å². The first-order valence-electron chi connectivity index (χ1n) is 11.7. The molecule has 0 aliphatic carbocycles. The molecule has 2 N–H and O–H groups in total. The van der Waals surface area contributed by atoms with Crippen LogP contribution in [0, 0.1) is 0 Å². The molecular formula is C27H26N6O2S. The molecule has 1 saturated heterocycles. The van der Waals surface area contributed by atoms with Crippen molar-refractivity contribution in [3.63, 3.8) is 0 Å². The van der Waals surface area contributed by atoms with Crippen LogP contribution in [-0.4, -0.2) is 32.7 Å². The van der Waals surface area contributed by atoms with Crippen LogP contribution in [0.2, 0.25) is 0 Å². The van der Waals surface area contributed by atoms with E-state index in [4.69, 9.17) is 17.0 Å². The number of pyridine rings is 2. The molecule has 36 heavy (non-hydrogen) atoms. The van der Waals surface area contributed by atoms with Crippen molar-refractivity contribution in [1.82, 2.24) is 19.9 Å². The summed E-state index contributed by atoms with van der Waals surface area (Å²) in [6.45, 7) is 1.81. The van der Waals surface area contributed by atoms with Gasteiger partial charge in [-0.1, -0.05) is 13.0 Å². The molecule has 1 aliphatic heterocycles. The average Bonchev–Trinajstić information content (AvgIpc) is 3.54. The molecule has 0 unspecified atom stereocenters. The zero-order chi connectivity index (χ0) is 25.1. The van der Waals surface area contributed by atoms with Crippen molar-refractivity contribution in [1.29, 1.82) is 0 Å². The Balaban J connectivity index is 1.62. The molecule has 8 nitrogen and oxygen atoms in total. The van der Waals surface area contributed by atoms with Crippen LogP contribution in [0.4, 0.5) is 11.4 Å². The summed E-state index contributed by atoms with van der Waals surface area (Å²) in [5.41, 5.74) is 4.30. The summed E-state index contributed by atoms with van der Waals surface area (Å²) in [7, 11) is 1.59. The Labute approximate surface area is 215 Å². The Bertz CT molecular complexity index is 1380. The third-order valence-electron chi connectivity index (χ3n) is 6.16. The molecule has 2 atom stereocenters. The van der Waals surface area contributed by atoms with E-state index >= 15 is 0 Å². The van der Waals surface area contributed by atoms with Crippen LogP contribution in [0.25, 0.3) is 5.69 Å². The first kappa shape index (κ1) is 23.5. The number of ether oxygens (including phenoxy) is 1. The summed E-state index contributed by atoms with van der Waals surface area (Å²) in [4.78, 5) is 23.0. The second-order valence-corrected chi connectivity index (χ2v) is 8.68. The molecule has 182 valence electrons. The highest BCUT2D eigenvalue weighted by Crippen LogP contribution is 2.43. The largest absolute Gasteiger partial charge is 0.494 e. The first-order chi connectivity index (χ1) is 17.6. The molecule has 3 aromatic heterocycles. The van der Waals surface area contributed by atoms with Crippen molar-refractivity contribution in [3.8, 4) is 11.4 Å². The van der Waals surface area contributed by atoms with Crippen LogP contribution in [0.1, 0.15) is 36.8 Å².